The van der Waals surface area contributed by atoms with Crippen LogP contribution < -0.4 is 9.47 Å². The number of aromatic hydroxyl groups is 1. The van der Waals surface area contributed by atoms with Crippen molar-refractivity contribution in [3.63, 3.8) is 0 Å². The van der Waals surface area contributed by atoms with Gasteiger partial charge in [0, 0.05) is 5.39 Å². The number of carbonyl (C=O) groups excluding carboxylic acids is 1. The van der Waals surface area contributed by atoms with Crippen LogP contribution in [0.3, 0.4) is 0 Å². The van der Waals surface area contributed by atoms with E-state index in [9.17, 15) is 9.90 Å². The molecule has 0 saturated heterocycles. The Morgan fingerprint density at radius 2 is 1.59 bits per heavy atom. The third-order valence-corrected chi connectivity index (χ3v) is 4.89. The Bertz CT molecular complexity index is 1230. The topological polar surface area (TPSA) is 85.4 Å². The van der Waals surface area contributed by atoms with Crippen LogP contribution in [0.5, 0.6) is 17.4 Å². The van der Waals surface area contributed by atoms with E-state index in [-0.39, 0.29) is 18.2 Å². The molecule has 4 rings (SSSR count). The van der Waals surface area contributed by atoms with Crippen molar-refractivity contribution in [2.24, 2.45) is 10.2 Å². The van der Waals surface area contributed by atoms with Crippen molar-refractivity contribution >= 4 is 22.5 Å². The number of rotatable bonds is 8. The first kappa shape index (κ1) is 21.1. The summed E-state index contributed by atoms with van der Waals surface area (Å²) in [5.41, 5.74) is 2.17. The van der Waals surface area contributed by atoms with E-state index in [0.717, 1.165) is 16.8 Å². The molecule has 3 aromatic carbocycles. The van der Waals surface area contributed by atoms with Gasteiger partial charge in [-0.25, -0.2) is 0 Å². The highest BCUT2D eigenvalue weighted by atomic mass is 16.5. The number of hydrogen-bond donors (Lipinski definition) is 1. The Hall–Kier alpha value is -4.13. The van der Waals surface area contributed by atoms with E-state index < -0.39 is 5.91 Å². The van der Waals surface area contributed by atoms with E-state index in [0.29, 0.717) is 24.3 Å². The number of hydrogen-bond acceptors (Lipinski definition) is 5. The highest BCUT2D eigenvalue weighted by Crippen LogP contribution is 2.38. The minimum absolute atomic E-state index is 0.0702. The van der Waals surface area contributed by atoms with Crippen LogP contribution in [0.1, 0.15) is 5.56 Å². The predicted octanol–water partition coefficient (Wildman–Crippen LogP) is 5.42. The van der Waals surface area contributed by atoms with Gasteiger partial charge < -0.3 is 19.1 Å². The molecule has 1 heterocycles. The SMILES string of the molecule is Cc1ccc(OCCn2c(O)c(N=NC(=O)COc3ccccc3)c3ccccc32)cc1. The van der Waals surface area contributed by atoms with Crippen molar-refractivity contribution in [1.82, 2.24) is 4.57 Å². The monoisotopic (exact) mass is 429 g/mol. The average molecular weight is 429 g/mol. The third-order valence-electron chi connectivity index (χ3n) is 4.89. The maximum absolute atomic E-state index is 12.1. The van der Waals surface area contributed by atoms with Crippen LogP contribution in [-0.4, -0.2) is 28.8 Å². The summed E-state index contributed by atoms with van der Waals surface area (Å²) in [7, 11) is 0. The van der Waals surface area contributed by atoms with Gasteiger partial charge in [-0.1, -0.05) is 54.1 Å². The maximum atomic E-state index is 12.1. The molecule has 0 aliphatic carbocycles. The van der Waals surface area contributed by atoms with Gasteiger partial charge in [-0.15, -0.1) is 10.2 Å². The molecule has 4 aromatic rings. The molecule has 0 aliphatic heterocycles. The highest BCUT2D eigenvalue weighted by Gasteiger charge is 2.17. The predicted molar refractivity (Wildman–Crippen MR) is 122 cm³/mol. The number of ether oxygens (including phenoxy) is 2. The van der Waals surface area contributed by atoms with Crippen LogP contribution in [0.25, 0.3) is 10.9 Å². The Morgan fingerprint density at radius 1 is 0.906 bits per heavy atom. The second-order valence-corrected chi connectivity index (χ2v) is 7.20. The van der Waals surface area contributed by atoms with Gasteiger partial charge >= 0.3 is 5.91 Å². The van der Waals surface area contributed by atoms with E-state index >= 15 is 0 Å². The van der Waals surface area contributed by atoms with Gasteiger partial charge in [0.25, 0.3) is 0 Å². The van der Waals surface area contributed by atoms with Crippen LogP contribution in [0.2, 0.25) is 0 Å². The van der Waals surface area contributed by atoms with Gasteiger partial charge in [-0.3, -0.25) is 4.79 Å². The summed E-state index contributed by atoms with van der Waals surface area (Å²) >= 11 is 0. The zero-order valence-corrected chi connectivity index (χ0v) is 17.6. The summed E-state index contributed by atoms with van der Waals surface area (Å²) in [6.45, 7) is 2.54. The van der Waals surface area contributed by atoms with Crippen LogP contribution in [0, 0.1) is 6.92 Å². The number of azo groups is 1. The molecule has 1 amide bonds. The van der Waals surface area contributed by atoms with Crippen molar-refractivity contribution < 1.29 is 19.4 Å². The van der Waals surface area contributed by atoms with Crippen LogP contribution in [-0.2, 0) is 11.3 Å². The van der Waals surface area contributed by atoms with E-state index in [2.05, 4.69) is 10.2 Å². The molecule has 32 heavy (non-hydrogen) atoms. The minimum Gasteiger partial charge on any atom is -0.493 e. The molecular formula is C25H23N3O4. The van der Waals surface area contributed by atoms with E-state index in [1.807, 2.05) is 73.7 Å². The summed E-state index contributed by atoms with van der Waals surface area (Å²) < 4.78 is 12.9. The molecule has 7 nitrogen and oxygen atoms in total. The van der Waals surface area contributed by atoms with Crippen molar-refractivity contribution in [2.45, 2.75) is 13.5 Å². The molecule has 1 N–H and O–H groups in total. The normalized spacial score (nSPS) is 11.2. The van der Waals surface area contributed by atoms with E-state index in [1.165, 1.54) is 0 Å². The fraction of sp³-hybridized carbons (Fsp3) is 0.160. The highest BCUT2D eigenvalue weighted by molar-refractivity contribution is 5.95. The zero-order valence-electron chi connectivity index (χ0n) is 17.6. The van der Waals surface area contributed by atoms with Gasteiger partial charge in [0.15, 0.2) is 12.3 Å². The lowest BCUT2D eigenvalue weighted by Crippen LogP contribution is -2.08. The first-order valence-electron chi connectivity index (χ1n) is 10.2. The molecule has 162 valence electrons. The number of amides is 1. The fourth-order valence-electron chi connectivity index (χ4n) is 3.28. The number of aromatic nitrogens is 1. The molecule has 1 aromatic heterocycles. The molecule has 0 radical (unpaired) electrons. The lowest BCUT2D eigenvalue weighted by molar-refractivity contribution is -0.120. The first-order chi connectivity index (χ1) is 15.6. The Kier molecular flexibility index (Phi) is 6.46. The lowest BCUT2D eigenvalue weighted by Gasteiger charge is -2.09. The third kappa shape index (κ3) is 4.95. The van der Waals surface area contributed by atoms with E-state index in [4.69, 9.17) is 9.47 Å². The lowest BCUT2D eigenvalue weighted by atomic mass is 10.2. The van der Waals surface area contributed by atoms with Crippen LogP contribution in [0.4, 0.5) is 5.69 Å². The second kappa shape index (κ2) is 9.78. The summed E-state index contributed by atoms with van der Waals surface area (Å²) in [5.74, 6) is 0.714. The van der Waals surface area contributed by atoms with Gasteiger partial charge in [0.2, 0.25) is 5.88 Å². The summed E-state index contributed by atoms with van der Waals surface area (Å²) in [4.78, 5) is 12.1. The molecule has 0 saturated carbocycles. The molecule has 0 bridgehead atoms. The fourth-order valence-corrected chi connectivity index (χ4v) is 3.28. The molecular weight excluding hydrogens is 406 g/mol. The van der Waals surface area contributed by atoms with Crippen molar-refractivity contribution in [3.05, 3.63) is 84.4 Å². The Labute approximate surface area is 185 Å². The molecule has 7 heteroatoms. The molecule has 0 fully saturated rings. The molecule has 0 atom stereocenters. The van der Waals surface area contributed by atoms with Gasteiger partial charge in [-0.2, -0.15) is 0 Å². The van der Waals surface area contributed by atoms with Crippen LogP contribution in [0.15, 0.2) is 89.1 Å². The number of nitrogens with zero attached hydrogens (tertiary/aromatic N) is 3. The maximum Gasteiger partial charge on any atom is 0.302 e. The molecule has 0 aliphatic rings. The Balaban J connectivity index is 1.47. The van der Waals surface area contributed by atoms with Crippen molar-refractivity contribution in [1.29, 1.82) is 0 Å². The number of benzene rings is 3. The second-order valence-electron chi connectivity index (χ2n) is 7.20. The Morgan fingerprint density at radius 3 is 2.38 bits per heavy atom. The molecule has 0 spiro atoms. The van der Waals surface area contributed by atoms with Crippen molar-refractivity contribution in [3.8, 4) is 17.4 Å². The quantitative estimate of drug-likeness (QED) is 0.379. The average Bonchev–Trinajstić information content (AvgIpc) is 3.09. The number of aryl methyl sites for hydroxylation is 1. The number of fused-ring (bicyclic) bond motifs is 1. The number of para-hydroxylation sites is 2. The first-order valence-corrected chi connectivity index (χ1v) is 10.2. The van der Waals surface area contributed by atoms with Gasteiger partial charge in [0.1, 0.15) is 18.1 Å². The summed E-state index contributed by atoms with van der Waals surface area (Å²) in [6.07, 6.45) is 0. The van der Waals surface area contributed by atoms with Gasteiger partial charge in [0.05, 0.1) is 12.1 Å². The summed E-state index contributed by atoms with van der Waals surface area (Å²) in [5, 5.41) is 19.2. The zero-order chi connectivity index (χ0) is 22.3. The van der Waals surface area contributed by atoms with Crippen LogP contribution >= 0.6 is 0 Å². The minimum atomic E-state index is -0.548. The van der Waals surface area contributed by atoms with Gasteiger partial charge in [-0.05, 0) is 37.3 Å². The largest absolute Gasteiger partial charge is 0.493 e. The number of carbonyl (C=O) groups is 1. The van der Waals surface area contributed by atoms with E-state index in [1.54, 1.807) is 16.7 Å². The molecule has 0 unspecified atom stereocenters. The smallest absolute Gasteiger partial charge is 0.302 e. The van der Waals surface area contributed by atoms with Crippen molar-refractivity contribution in [2.75, 3.05) is 13.2 Å². The standard InChI is InChI=1S/C25H23N3O4/c1-18-11-13-20(14-12-18)31-16-15-28-22-10-6-5-9-21(22)24(25(28)30)27-26-23(29)17-32-19-7-3-2-4-8-19/h2-14,30H,15-17H2,1H3. The summed E-state index contributed by atoms with van der Waals surface area (Å²) in [6, 6.07) is 24.2.